The Hall–Kier alpha value is -1.92. The van der Waals surface area contributed by atoms with Gasteiger partial charge < -0.3 is 14.0 Å². The average Bonchev–Trinajstić information content (AvgIpc) is 2.99. The van der Waals surface area contributed by atoms with Gasteiger partial charge in [-0.2, -0.15) is 4.98 Å². The van der Waals surface area contributed by atoms with Crippen LogP contribution < -0.4 is 4.74 Å². The number of hydrogen-bond acceptors (Lipinski definition) is 6. The monoisotopic (exact) mass is 303 g/mol. The molecule has 0 aliphatic carbocycles. The zero-order valence-electron chi connectivity index (χ0n) is 13.2. The van der Waals surface area contributed by atoms with E-state index in [1.807, 2.05) is 24.3 Å². The van der Waals surface area contributed by atoms with Crippen molar-refractivity contribution in [1.29, 1.82) is 0 Å². The first kappa shape index (κ1) is 15.0. The molecular weight excluding hydrogens is 282 g/mol. The largest absolute Gasteiger partial charge is 0.497 e. The molecule has 1 aromatic heterocycles. The number of benzene rings is 1. The summed E-state index contributed by atoms with van der Waals surface area (Å²) >= 11 is 0. The Balaban J connectivity index is 1.73. The lowest BCUT2D eigenvalue weighted by Crippen LogP contribution is -2.46. The summed E-state index contributed by atoms with van der Waals surface area (Å²) in [6.45, 7) is 6.47. The van der Waals surface area contributed by atoms with E-state index in [2.05, 4.69) is 28.9 Å². The Bertz CT molecular complexity index is 629. The topological polar surface area (TPSA) is 60.6 Å². The van der Waals surface area contributed by atoms with E-state index < -0.39 is 0 Å². The Morgan fingerprint density at radius 3 is 3.05 bits per heavy atom. The summed E-state index contributed by atoms with van der Waals surface area (Å²) in [5.74, 6) is 1.99. The van der Waals surface area contributed by atoms with Gasteiger partial charge in [0.05, 0.1) is 26.4 Å². The van der Waals surface area contributed by atoms with E-state index in [4.69, 9.17) is 14.0 Å². The zero-order chi connectivity index (χ0) is 15.5. The molecule has 6 nitrogen and oxygen atoms in total. The second-order valence-electron chi connectivity index (χ2n) is 5.67. The SMILES string of the molecule is COc1cccc(-c2noc(CN3C[C@@H](C)OC[C@H]3C)n2)c1. The summed E-state index contributed by atoms with van der Waals surface area (Å²) in [6, 6.07) is 7.99. The fraction of sp³-hybridized carbons (Fsp3) is 0.500. The van der Waals surface area contributed by atoms with Gasteiger partial charge in [0.2, 0.25) is 11.7 Å². The first-order valence-corrected chi connectivity index (χ1v) is 7.48. The second-order valence-corrected chi connectivity index (χ2v) is 5.67. The Morgan fingerprint density at radius 2 is 2.23 bits per heavy atom. The Kier molecular flexibility index (Phi) is 4.40. The summed E-state index contributed by atoms with van der Waals surface area (Å²) < 4.78 is 16.3. The molecule has 6 heteroatoms. The van der Waals surface area contributed by atoms with Gasteiger partial charge in [0.15, 0.2) is 0 Å². The number of aromatic nitrogens is 2. The number of rotatable bonds is 4. The van der Waals surface area contributed by atoms with Gasteiger partial charge in [-0.1, -0.05) is 17.3 Å². The second kappa shape index (κ2) is 6.46. The van der Waals surface area contributed by atoms with Crippen molar-refractivity contribution in [2.75, 3.05) is 20.3 Å². The van der Waals surface area contributed by atoms with Crippen molar-refractivity contribution in [3.8, 4) is 17.1 Å². The van der Waals surface area contributed by atoms with E-state index in [9.17, 15) is 0 Å². The number of nitrogens with zero attached hydrogens (tertiary/aromatic N) is 3. The van der Waals surface area contributed by atoms with Crippen molar-refractivity contribution < 1.29 is 14.0 Å². The van der Waals surface area contributed by atoms with Crippen LogP contribution in [0.3, 0.4) is 0 Å². The summed E-state index contributed by atoms with van der Waals surface area (Å²) in [6.07, 6.45) is 0.233. The van der Waals surface area contributed by atoms with Crippen LogP contribution in [0, 0.1) is 0 Å². The van der Waals surface area contributed by atoms with Gasteiger partial charge >= 0.3 is 0 Å². The van der Waals surface area contributed by atoms with Crippen molar-refractivity contribution in [1.82, 2.24) is 15.0 Å². The first-order chi connectivity index (χ1) is 10.7. The van der Waals surface area contributed by atoms with Gasteiger partial charge in [-0.15, -0.1) is 0 Å². The first-order valence-electron chi connectivity index (χ1n) is 7.48. The minimum absolute atomic E-state index is 0.233. The van der Waals surface area contributed by atoms with Crippen LogP contribution in [0.4, 0.5) is 0 Å². The van der Waals surface area contributed by atoms with E-state index in [1.54, 1.807) is 7.11 Å². The highest BCUT2D eigenvalue weighted by Gasteiger charge is 2.25. The number of methoxy groups -OCH3 is 1. The molecule has 1 aromatic carbocycles. The van der Waals surface area contributed by atoms with Crippen molar-refractivity contribution in [3.63, 3.8) is 0 Å². The minimum atomic E-state index is 0.233. The van der Waals surface area contributed by atoms with Gasteiger partial charge in [0.25, 0.3) is 0 Å². The number of ether oxygens (including phenoxy) is 2. The molecule has 0 amide bonds. The summed E-state index contributed by atoms with van der Waals surface area (Å²) in [5, 5.41) is 4.07. The van der Waals surface area contributed by atoms with Crippen LogP contribution in [0.2, 0.25) is 0 Å². The predicted molar refractivity (Wildman–Crippen MR) is 81.6 cm³/mol. The minimum Gasteiger partial charge on any atom is -0.497 e. The Morgan fingerprint density at radius 1 is 1.36 bits per heavy atom. The third kappa shape index (κ3) is 3.28. The lowest BCUT2D eigenvalue weighted by Gasteiger charge is -2.35. The van der Waals surface area contributed by atoms with Crippen LogP contribution in [-0.4, -0.2) is 47.4 Å². The highest BCUT2D eigenvalue weighted by atomic mass is 16.5. The molecule has 0 bridgehead atoms. The molecule has 1 saturated heterocycles. The fourth-order valence-electron chi connectivity index (χ4n) is 2.56. The standard InChI is InChI=1S/C16H21N3O3/c1-11-10-21-12(2)8-19(11)9-15-17-16(18-22-15)13-5-4-6-14(7-13)20-3/h4-7,11-12H,8-10H2,1-3H3/t11-,12-/m1/s1. The average molecular weight is 303 g/mol. The smallest absolute Gasteiger partial charge is 0.241 e. The van der Waals surface area contributed by atoms with Crippen molar-refractivity contribution in [2.24, 2.45) is 0 Å². The molecule has 0 saturated carbocycles. The van der Waals surface area contributed by atoms with E-state index in [1.165, 1.54) is 0 Å². The Labute approximate surface area is 130 Å². The van der Waals surface area contributed by atoms with Crippen LogP contribution in [-0.2, 0) is 11.3 Å². The van der Waals surface area contributed by atoms with E-state index in [-0.39, 0.29) is 6.10 Å². The molecule has 3 rings (SSSR count). The number of morpholine rings is 1. The summed E-state index contributed by atoms with van der Waals surface area (Å²) in [4.78, 5) is 6.80. The third-order valence-corrected chi connectivity index (χ3v) is 3.87. The molecular formula is C16H21N3O3. The van der Waals surface area contributed by atoms with Crippen molar-refractivity contribution in [2.45, 2.75) is 32.5 Å². The molecule has 2 aromatic rings. The molecule has 1 aliphatic heterocycles. The summed E-state index contributed by atoms with van der Waals surface area (Å²) in [5.41, 5.74) is 0.887. The lowest BCUT2D eigenvalue weighted by atomic mass is 10.2. The quantitative estimate of drug-likeness (QED) is 0.864. The van der Waals surface area contributed by atoms with Crippen LogP contribution in [0.5, 0.6) is 5.75 Å². The van der Waals surface area contributed by atoms with Crippen LogP contribution in [0.1, 0.15) is 19.7 Å². The van der Waals surface area contributed by atoms with Gasteiger partial charge in [-0.05, 0) is 26.0 Å². The predicted octanol–water partition coefficient (Wildman–Crippen LogP) is 2.35. The normalized spacial score (nSPS) is 22.7. The van der Waals surface area contributed by atoms with Gasteiger partial charge in [0.1, 0.15) is 5.75 Å². The maximum atomic E-state index is 5.64. The van der Waals surface area contributed by atoms with Crippen molar-refractivity contribution in [3.05, 3.63) is 30.2 Å². The zero-order valence-corrected chi connectivity index (χ0v) is 13.2. The maximum Gasteiger partial charge on any atom is 0.241 e. The van der Waals surface area contributed by atoms with Crippen LogP contribution >= 0.6 is 0 Å². The molecule has 0 unspecified atom stereocenters. The van der Waals surface area contributed by atoms with Gasteiger partial charge in [0, 0.05) is 18.2 Å². The molecule has 22 heavy (non-hydrogen) atoms. The lowest BCUT2D eigenvalue weighted by molar-refractivity contribution is -0.0555. The molecule has 2 atom stereocenters. The fourth-order valence-corrected chi connectivity index (χ4v) is 2.56. The van der Waals surface area contributed by atoms with Crippen LogP contribution in [0.15, 0.2) is 28.8 Å². The molecule has 118 valence electrons. The molecule has 1 fully saturated rings. The highest BCUT2D eigenvalue weighted by molar-refractivity contribution is 5.56. The molecule has 2 heterocycles. The molecule has 0 spiro atoms. The highest BCUT2D eigenvalue weighted by Crippen LogP contribution is 2.22. The van der Waals surface area contributed by atoms with Crippen molar-refractivity contribution >= 4 is 0 Å². The van der Waals surface area contributed by atoms with E-state index in [0.29, 0.717) is 24.3 Å². The maximum absolute atomic E-state index is 5.64. The van der Waals surface area contributed by atoms with Gasteiger partial charge in [-0.25, -0.2) is 0 Å². The molecule has 0 N–H and O–H groups in total. The third-order valence-electron chi connectivity index (χ3n) is 3.87. The van der Waals surface area contributed by atoms with Gasteiger partial charge in [-0.3, -0.25) is 4.90 Å². The van der Waals surface area contributed by atoms with E-state index >= 15 is 0 Å². The van der Waals surface area contributed by atoms with Crippen LogP contribution in [0.25, 0.3) is 11.4 Å². The van der Waals surface area contributed by atoms with E-state index in [0.717, 1.165) is 24.5 Å². The number of hydrogen-bond donors (Lipinski definition) is 0. The molecule has 0 radical (unpaired) electrons. The molecule has 1 aliphatic rings. The summed E-state index contributed by atoms with van der Waals surface area (Å²) in [7, 11) is 1.64.